The maximum atomic E-state index is 14.6. The van der Waals surface area contributed by atoms with E-state index in [1.165, 1.54) is 0 Å². The normalized spacial score (nSPS) is 16.7. The van der Waals surface area contributed by atoms with E-state index in [0.717, 1.165) is 15.6 Å². The van der Waals surface area contributed by atoms with Crippen LogP contribution in [0.2, 0.25) is 0 Å². The molecular formula is C35H35BrN6O6. The first kappa shape index (κ1) is 34.3. The van der Waals surface area contributed by atoms with Crippen LogP contribution >= 0.6 is 15.9 Å². The lowest BCUT2D eigenvalue weighted by molar-refractivity contribution is -0.130. The number of nitrogens with one attached hydrogen (secondary N) is 2. The van der Waals surface area contributed by atoms with Crippen molar-refractivity contribution in [2.75, 3.05) is 27.4 Å². The number of methoxy groups -OCH3 is 2. The number of aliphatic imine (C=N–C) groups is 1. The van der Waals surface area contributed by atoms with E-state index in [9.17, 15) is 10.3 Å². The van der Waals surface area contributed by atoms with Gasteiger partial charge in [-0.3, -0.25) is 10.2 Å². The van der Waals surface area contributed by atoms with Gasteiger partial charge < -0.3 is 24.1 Å². The lowest BCUT2D eigenvalue weighted by Crippen LogP contribution is -2.53. The number of hydrazine groups is 1. The molecule has 5 rings (SSSR count). The number of ether oxygens (including phenoxy) is 4. The van der Waals surface area contributed by atoms with Crippen molar-refractivity contribution in [1.29, 1.82) is 0 Å². The van der Waals surface area contributed by atoms with E-state index >= 15 is 0 Å². The molecule has 1 aliphatic rings. The molecule has 48 heavy (non-hydrogen) atoms. The third-order valence-electron chi connectivity index (χ3n) is 7.79. The highest BCUT2D eigenvalue weighted by Gasteiger charge is 2.54. The zero-order valence-electron chi connectivity index (χ0n) is 26.4. The van der Waals surface area contributed by atoms with E-state index in [1.807, 2.05) is 36.4 Å². The van der Waals surface area contributed by atoms with Gasteiger partial charge in [-0.2, -0.15) is 0 Å². The van der Waals surface area contributed by atoms with Gasteiger partial charge in [-0.15, -0.1) is 0 Å². The number of carbonyl (C=O) groups excluding carboxylic acids is 1. The number of hydrogen-bond donors (Lipinski definition) is 3. The third-order valence-corrected chi connectivity index (χ3v) is 8.57. The van der Waals surface area contributed by atoms with E-state index in [0.29, 0.717) is 47.1 Å². The van der Waals surface area contributed by atoms with E-state index in [1.54, 1.807) is 68.8 Å². The Bertz CT molecular complexity index is 1810. The molecule has 12 nitrogen and oxygen atoms in total. The van der Waals surface area contributed by atoms with Gasteiger partial charge in [0.25, 0.3) is 5.91 Å². The van der Waals surface area contributed by atoms with E-state index in [4.69, 9.17) is 29.0 Å². The van der Waals surface area contributed by atoms with Gasteiger partial charge in [-0.1, -0.05) is 69.6 Å². The fraction of sp³-hybridized carbons (Fsp3) is 0.257. The zero-order chi connectivity index (χ0) is 33.9. The summed E-state index contributed by atoms with van der Waals surface area (Å²) >= 11 is 3.64. The summed E-state index contributed by atoms with van der Waals surface area (Å²) < 4.78 is 23.9. The average Bonchev–Trinajstić information content (AvgIpc) is 3.50. The van der Waals surface area contributed by atoms with Gasteiger partial charge in [-0.05, 0) is 47.5 Å². The first-order valence-electron chi connectivity index (χ1n) is 15.1. The maximum Gasteiger partial charge on any atom is 0.266 e. The van der Waals surface area contributed by atoms with Gasteiger partial charge in [-0.25, -0.2) is 10.4 Å². The van der Waals surface area contributed by atoms with Crippen molar-refractivity contribution >= 4 is 33.4 Å². The van der Waals surface area contributed by atoms with Crippen LogP contribution in [0.1, 0.15) is 34.8 Å². The van der Waals surface area contributed by atoms with Crippen molar-refractivity contribution in [2.24, 2.45) is 10.1 Å². The number of nitrogens with zero attached hydrogens (tertiary/aromatic N) is 4. The van der Waals surface area contributed by atoms with Crippen LogP contribution in [0.25, 0.3) is 10.4 Å². The molecule has 13 heteroatoms. The third kappa shape index (κ3) is 7.72. The molecule has 0 fully saturated rings. The fourth-order valence-corrected chi connectivity index (χ4v) is 5.79. The van der Waals surface area contributed by atoms with Crippen LogP contribution in [0.15, 0.2) is 106 Å². The van der Waals surface area contributed by atoms with Crippen LogP contribution in [0.3, 0.4) is 0 Å². The van der Waals surface area contributed by atoms with Gasteiger partial charge in [0.15, 0.2) is 11.6 Å². The molecule has 0 aliphatic carbocycles. The first-order valence-corrected chi connectivity index (χ1v) is 15.9. The second-order valence-electron chi connectivity index (χ2n) is 10.8. The monoisotopic (exact) mass is 714 g/mol. The SMILES string of the molecule is COc1ccc(CNNC(=O)[C@@]2(Cc3ccccc3Br)N=C(c3ccc(OCCCO)cc3)O[C@H]2c2ccccc2N=[N+]=[N-])c(OC)c1. The van der Waals surface area contributed by atoms with Gasteiger partial charge in [0.2, 0.25) is 5.90 Å². The molecule has 4 aromatic carbocycles. The van der Waals surface area contributed by atoms with Crippen LogP contribution in [0.4, 0.5) is 5.69 Å². The van der Waals surface area contributed by atoms with Crippen LogP contribution in [0, 0.1) is 0 Å². The smallest absolute Gasteiger partial charge is 0.266 e. The molecular weight excluding hydrogens is 680 g/mol. The summed E-state index contributed by atoms with van der Waals surface area (Å²) in [5, 5.41) is 13.0. The lowest BCUT2D eigenvalue weighted by atomic mass is 9.81. The maximum absolute atomic E-state index is 14.6. The molecule has 0 saturated heterocycles. The highest BCUT2D eigenvalue weighted by Crippen LogP contribution is 2.46. The molecule has 0 aromatic heterocycles. The van der Waals surface area contributed by atoms with Gasteiger partial charge in [0, 0.05) is 63.8 Å². The minimum atomic E-state index is -1.56. The predicted molar refractivity (Wildman–Crippen MR) is 184 cm³/mol. The summed E-state index contributed by atoms with van der Waals surface area (Å²) in [5.74, 6) is 1.62. The molecule has 4 aromatic rings. The summed E-state index contributed by atoms with van der Waals surface area (Å²) in [6.07, 6.45) is -0.343. The van der Waals surface area contributed by atoms with Crippen LogP contribution in [-0.4, -0.2) is 49.9 Å². The number of halogens is 1. The molecule has 0 unspecified atom stereocenters. The molecule has 0 saturated carbocycles. The molecule has 1 amide bonds. The molecule has 1 heterocycles. The fourth-order valence-electron chi connectivity index (χ4n) is 5.37. The quantitative estimate of drug-likeness (QED) is 0.0417. The molecule has 0 bridgehead atoms. The summed E-state index contributed by atoms with van der Waals surface area (Å²) in [7, 11) is 3.14. The number of amides is 1. The number of aliphatic hydroxyl groups excluding tert-OH is 1. The summed E-state index contributed by atoms with van der Waals surface area (Å²) in [6, 6.07) is 27.1. The Balaban J connectivity index is 1.56. The highest BCUT2D eigenvalue weighted by molar-refractivity contribution is 9.10. The standard InChI is InChI=1S/C35H35BrN6O6/c1-45-27-17-14-25(31(20-27)46-2)22-38-41-34(44)35(21-24-8-3-5-10-29(24)36)32(28-9-4-6-11-30(28)40-42-37)48-33(39-35)23-12-15-26(16-13-23)47-19-7-18-43/h3-6,8-17,20,32,38,43H,7,18-19,21-22H2,1-2H3,(H,41,44)/t32-,35-/m0/s1. The van der Waals surface area contributed by atoms with Gasteiger partial charge in [0.1, 0.15) is 17.2 Å². The number of rotatable bonds is 15. The van der Waals surface area contributed by atoms with Gasteiger partial charge in [0.05, 0.1) is 20.8 Å². The van der Waals surface area contributed by atoms with Crippen molar-refractivity contribution < 1.29 is 28.8 Å². The van der Waals surface area contributed by atoms with Crippen molar-refractivity contribution in [1.82, 2.24) is 10.9 Å². The highest BCUT2D eigenvalue weighted by atomic mass is 79.9. The Hall–Kier alpha value is -5.07. The summed E-state index contributed by atoms with van der Waals surface area (Å²) in [4.78, 5) is 22.7. The molecule has 2 atom stereocenters. The zero-order valence-corrected chi connectivity index (χ0v) is 28.0. The molecule has 0 spiro atoms. The summed E-state index contributed by atoms with van der Waals surface area (Å²) in [6.45, 7) is 0.640. The molecule has 1 aliphatic heterocycles. The van der Waals surface area contributed by atoms with Crippen molar-refractivity contribution in [3.8, 4) is 17.2 Å². The van der Waals surface area contributed by atoms with E-state index in [2.05, 4.69) is 36.8 Å². The molecule has 3 N–H and O–H groups in total. The minimum absolute atomic E-state index is 0.0333. The van der Waals surface area contributed by atoms with Crippen LogP contribution < -0.4 is 25.1 Å². The Morgan fingerprint density at radius 2 is 1.77 bits per heavy atom. The Morgan fingerprint density at radius 1 is 1.02 bits per heavy atom. The van der Waals surface area contributed by atoms with Crippen molar-refractivity contribution in [2.45, 2.75) is 31.0 Å². The number of carbonyl (C=O) groups is 1. The second kappa shape index (κ2) is 16.2. The minimum Gasteiger partial charge on any atom is -0.497 e. The number of aliphatic hydroxyl groups is 1. The summed E-state index contributed by atoms with van der Waals surface area (Å²) in [5.41, 5.74) is 16.8. The van der Waals surface area contributed by atoms with E-state index in [-0.39, 0.29) is 25.5 Å². The predicted octanol–water partition coefficient (Wildman–Crippen LogP) is 6.49. The second-order valence-corrected chi connectivity index (χ2v) is 11.6. The Kier molecular flexibility index (Phi) is 11.5. The number of benzene rings is 4. The topological polar surface area (TPSA) is 159 Å². The number of azide groups is 1. The van der Waals surface area contributed by atoms with Crippen LogP contribution in [-0.2, 0) is 22.5 Å². The van der Waals surface area contributed by atoms with E-state index < -0.39 is 17.6 Å². The van der Waals surface area contributed by atoms with Gasteiger partial charge >= 0.3 is 0 Å². The van der Waals surface area contributed by atoms with Crippen molar-refractivity contribution in [3.05, 3.63) is 128 Å². The lowest BCUT2D eigenvalue weighted by Gasteiger charge is -2.31. The van der Waals surface area contributed by atoms with Crippen LogP contribution in [0.5, 0.6) is 17.2 Å². The first-order chi connectivity index (χ1) is 23.4. The average molecular weight is 716 g/mol. The largest absolute Gasteiger partial charge is 0.497 e. The molecule has 248 valence electrons. The Morgan fingerprint density at radius 3 is 2.50 bits per heavy atom. The molecule has 0 radical (unpaired) electrons. The van der Waals surface area contributed by atoms with Crippen molar-refractivity contribution in [3.63, 3.8) is 0 Å². The number of hydrogen-bond acceptors (Lipinski definition) is 9. The Labute approximate surface area is 286 Å².